The summed E-state index contributed by atoms with van der Waals surface area (Å²) in [5.74, 6) is 0. The van der Waals surface area contributed by atoms with Gasteiger partial charge in [0.25, 0.3) is 0 Å². The molecule has 1 saturated heterocycles. The van der Waals surface area contributed by atoms with Crippen LogP contribution in [0.2, 0.25) is 5.02 Å². The maximum absolute atomic E-state index is 12.9. The summed E-state index contributed by atoms with van der Waals surface area (Å²) in [7, 11) is -3.59. The molecular weight excluding hydrogens is 364 g/mol. The topological polar surface area (TPSA) is 63.4 Å². The van der Waals surface area contributed by atoms with Gasteiger partial charge < -0.3 is 5.73 Å². The minimum absolute atomic E-state index is 0.153. The number of rotatable bonds is 3. The molecule has 0 saturated carbocycles. The van der Waals surface area contributed by atoms with Crippen molar-refractivity contribution in [2.75, 3.05) is 6.54 Å². The summed E-state index contributed by atoms with van der Waals surface area (Å²) in [6.45, 7) is 2.36. The number of hydrogen-bond acceptors (Lipinski definition) is 3. The number of nitrogens with two attached hydrogens (primary N) is 1. The lowest BCUT2D eigenvalue weighted by molar-refractivity contribution is 0.227. The van der Waals surface area contributed by atoms with Gasteiger partial charge in [-0.05, 0) is 53.9 Å². The van der Waals surface area contributed by atoms with Gasteiger partial charge in [0.2, 0.25) is 10.0 Å². The molecule has 2 unspecified atom stereocenters. The Morgan fingerprint density at radius 1 is 1.45 bits per heavy atom. The van der Waals surface area contributed by atoms with E-state index in [1.807, 2.05) is 6.92 Å². The van der Waals surface area contributed by atoms with Crippen molar-refractivity contribution in [1.29, 1.82) is 0 Å². The molecule has 1 aliphatic rings. The lowest BCUT2D eigenvalue weighted by atomic mass is 10.00. The third-order valence-corrected chi connectivity index (χ3v) is 6.74. The summed E-state index contributed by atoms with van der Waals surface area (Å²) in [5.41, 5.74) is 5.96. The minimum Gasteiger partial charge on any atom is -0.326 e. The zero-order valence-electron chi connectivity index (χ0n) is 11.2. The molecule has 1 heterocycles. The second kappa shape index (κ2) is 6.32. The molecular formula is C13H18BrClN2O2S. The summed E-state index contributed by atoms with van der Waals surface area (Å²) in [6, 6.07) is 4.44. The van der Waals surface area contributed by atoms with Crippen LogP contribution < -0.4 is 5.73 Å². The Hall–Kier alpha value is -0.140. The van der Waals surface area contributed by atoms with Crippen LogP contribution in [0.1, 0.15) is 26.2 Å². The predicted molar refractivity (Wildman–Crippen MR) is 84.3 cm³/mol. The summed E-state index contributed by atoms with van der Waals surface area (Å²) >= 11 is 9.23. The van der Waals surface area contributed by atoms with E-state index in [4.69, 9.17) is 17.3 Å². The van der Waals surface area contributed by atoms with E-state index in [1.54, 1.807) is 12.1 Å². The van der Waals surface area contributed by atoms with Gasteiger partial charge in [0.15, 0.2) is 0 Å². The number of hydrogen-bond donors (Lipinski definition) is 1. The number of piperidine rings is 1. The van der Waals surface area contributed by atoms with E-state index >= 15 is 0 Å². The van der Waals surface area contributed by atoms with E-state index in [-0.39, 0.29) is 17.0 Å². The number of benzene rings is 1. The first kappa shape index (κ1) is 16.2. The van der Waals surface area contributed by atoms with Crippen molar-refractivity contribution in [2.45, 2.75) is 43.2 Å². The molecule has 0 aromatic heterocycles. The highest BCUT2D eigenvalue weighted by atomic mass is 79.9. The van der Waals surface area contributed by atoms with Crippen LogP contribution in [0.5, 0.6) is 0 Å². The van der Waals surface area contributed by atoms with Crippen molar-refractivity contribution < 1.29 is 8.42 Å². The number of halogens is 2. The van der Waals surface area contributed by atoms with Crippen molar-refractivity contribution in [3.05, 3.63) is 27.7 Å². The highest BCUT2D eigenvalue weighted by Gasteiger charge is 2.36. The van der Waals surface area contributed by atoms with Gasteiger partial charge in [0.05, 0.1) is 4.90 Å². The van der Waals surface area contributed by atoms with Gasteiger partial charge >= 0.3 is 0 Å². The Labute approximate surface area is 133 Å². The minimum atomic E-state index is -3.59. The number of nitrogens with zero attached hydrogens (tertiary/aromatic N) is 1. The predicted octanol–water partition coefficient (Wildman–Crippen LogP) is 2.99. The molecule has 0 aliphatic carbocycles. The first-order valence-electron chi connectivity index (χ1n) is 6.56. The van der Waals surface area contributed by atoms with Crippen LogP contribution in [0.15, 0.2) is 27.6 Å². The SMILES string of the molecule is CC(N)C1CCCCN1S(=O)(=O)c1cc(Cl)ccc1Br. The van der Waals surface area contributed by atoms with E-state index < -0.39 is 10.0 Å². The molecule has 2 N–H and O–H groups in total. The van der Waals surface area contributed by atoms with Gasteiger partial charge in [-0.15, -0.1) is 0 Å². The van der Waals surface area contributed by atoms with Crippen LogP contribution in [-0.2, 0) is 10.0 Å². The van der Waals surface area contributed by atoms with Crippen LogP contribution in [-0.4, -0.2) is 31.4 Å². The quantitative estimate of drug-likeness (QED) is 0.875. The third kappa shape index (κ3) is 3.20. The van der Waals surface area contributed by atoms with E-state index in [9.17, 15) is 8.42 Å². The maximum atomic E-state index is 12.9. The Morgan fingerprint density at radius 2 is 2.15 bits per heavy atom. The van der Waals surface area contributed by atoms with Gasteiger partial charge in [-0.3, -0.25) is 0 Å². The maximum Gasteiger partial charge on any atom is 0.244 e. The summed E-state index contributed by atoms with van der Waals surface area (Å²) in [6.07, 6.45) is 2.67. The largest absolute Gasteiger partial charge is 0.326 e. The lowest BCUT2D eigenvalue weighted by Crippen LogP contribution is -2.51. The molecule has 2 atom stereocenters. The van der Waals surface area contributed by atoms with Crippen molar-refractivity contribution >= 4 is 37.6 Å². The first-order chi connectivity index (χ1) is 9.34. The second-order valence-electron chi connectivity index (χ2n) is 5.11. The molecule has 0 amide bonds. The molecule has 20 heavy (non-hydrogen) atoms. The van der Waals surface area contributed by atoms with E-state index in [1.165, 1.54) is 10.4 Å². The Kier molecular flexibility index (Phi) is 5.13. The van der Waals surface area contributed by atoms with Crippen molar-refractivity contribution in [2.24, 2.45) is 5.73 Å². The zero-order valence-corrected chi connectivity index (χ0v) is 14.4. The van der Waals surface area contributed by atoms with Crippen molar-refractivity contribution in [3.63, 3.8) is 0 Å². The molecule has 1 fully saturated rings. The molecule has 0 bridgehead atoms. The smallest absolute Gasteiger partial charge is 0.244 e. The molecule has 1 aliphatic heterocycles. The molecule has 2 rings (SSSR count). The fourth-order valence-corrected chi connectivity index (χ4v) is 5.52. The third-order valence-electron chi connectivity index (χ3n) is 3.59. The van der Waals surface area contributed by atoms with Gasteiger partial charge in [-0.25, -0.2) is 8.42 Å². The second-order valence-corrected chi connectivity index (χ2v) is 8.26. The normalized spacial score (nSPS) is 22.7. The molecule has 112 valence electrons. The van der Waals surface area contributed by atoms with Crippen molar-refractivity contribution in [1.82, 2.24) is 4.31 Å². The summed E-state index contributed by atoms with van der Waals surface area (Å²) in [5, 5.41) is 0.404. The Morgan fingerprint density at radius 3 is 2.80 bits per heavy atom. The molecule has 0 spiro atoms. The zero-order chi connectivity index (χ0) is 14.9. The van der Waals surface area contributed by atoms with Gasteiger partial charge in [0.1, 0.15) is 0 Å². The van der Waals surface area contributed by atoms with Crippen LogP contribution in [0.3, 0.4) is 0 Å². The highest BCUT2D eigenvalue weighted by molar-refractivity contribution is 9.10. The van der Waals surface area contributed by atoms with E-state index in [0.29, 0.717) is 16.0 Å². The first-order valence-corrected chi connectivity index (χ1v) is 9.17. The van der Waals surface area contributed by atoms with Gasteiger partial charge in [-0.1, -0.05) is 18.0 Å². The molecule has 7 heteroatoms. The average molecular weight is 382 g/mol. The highest BCUT2D eigenvalue weighted by Crippen LogP contribution is 2.32. The van der Waals surface area contributed by atoms with Crippen LogP contribution in [0.4, 0.5) is 0 Å². The summed E-state index contributed by atoms with van der Waals surface area (Å²) < 4.78 is 27.8. The monoisotopic (exact) mass is 380 g/mol. The molecule has 4 nitrogen and oxygen atoms in total. The standard InChI is InChI=1S/C13H18BrClN2O2S/c1-9(16)12-4-2-3-7-17(12)20(18,19)13-8-10(15)5-6-11(13)14/h5-6,8-9,12H,2-4,7,16H2,1H3. The van der Waals surface area contributed by atoms with Crippen LogP contribution in [0, 0.1) is 0 Å². The Bertz CT molecular complexity index is 592. The fourth-order valence-electron chi connectivity index (χ4n) is 2.56. The van der Waals surface area contributed by atoms with E-state index in [2.05, 4.69) is 15.9 Å². The fraction of sp³-hybridized carbons (Fsp3) is 0.538. The van der Waals surface area contributed by atoms with Gasteiger partial charge in [-0.2, -0.15) is 4.31 Å². The van der Waals surface area contributed by atoms with E-state index in [0.717, 1.165) is 19.3 Å². The molecule has 1 aromatic carbocycles. The Balaban J connectivity index is 2.45. The molecule has 0 radical (unpaired) electrons. The average Bonchev–Trinajstić information content (AvgIpc) is 2.41. The van der Waals surface area contributed by atoms with Crippen LogP contribution in [0.25, 0.3) is 0 Å². The van der Waals surface area contributed by atoms with Crippen molar-refractivity contribution in [3.8, 4) is 0 Å². The van der Waals surface area contributed by atoms with Crippen LogP contribution >= 0.6 is 27.5 Å². The van der Waals surface area contributed by atoms with Gasteiger partial charge in [0, 0.05) is 28.1 Å². The summed E-state index contributed by atoms with van der Waals surface area (Å²) in [4.78, 5) is 0.206. The lowest BCUT2D eigenvalue weighted by Gasteiger charge is -2.37. The number of sulfonamides is 1. The molecule has 1 aromatic rings.